The zero-order valence-electron chi connectivity index (χ0n) is 13.3. The molecule has 1 N–H and O–H groups in total. The Morgan fingerprint density at radius 2 is 1.96 bits per heavy atom. The van der Waals surface area contributed by atoms with E-state index in [9.17, 15) is 4.79 Å². The maximum Gasteiger partial charge on any atom is 0.258 e. The van der Waals surface area contributed by atoms with Crippen molar-refractivity contribution in [1.29, 1.82) is 0 Å². The molecule has 0 bridgehead atoms. The molecule has 0 atom stereocenters. The van der Waals surface area contributed by atoms with Crippen molar-refractivity contribution in [3.8, 4) is 18.1 Å². The summed E-state index contributed by atoms with van der Waals surface area (Å²) in [6.45, 7) is 0.738. The number of para-hydroxylation sites is 1. The van der Waals surface area contributed by atoms with Crippen LogP contribution in [-0.2, 0) is 6.54 Å². The van der Waals surface area contributed by atoms with E-state index < -0.39 is 0 Å². The van der Waals surface area contributed by atoms with Gasteiger partial charge in [0.25, 0.3) is 5.56 Å². The number of hydrogen-bond donors (Lipinski definition) is 1. The summed E-state index contributed by atoms with van der Waals surface area (Å²) in [4.78, 5) is 21.5. The first kappa shape index (κ1) is 15.6. The van der Waals surface area contributed by atoms with Gasteiger partial charge < -0.3 is 14.6 Å². The van der Waals surface area contributed by atoms with Crippen LogP contribution in [0.15, 0.2) is 53.3 Å². The lowest BCUT2D eigenvalue weighted by molar-refractivity contribution is 0.370. The van der Waals surface area contributed by atoms with E-state index in [0.717, 1.165) is 11.4 Å². The van der Waals surface area contributed by atoms with Crippen LogP contribution >= 0.6 is 0 Å². The number of nitrogens with zero attached hydrogens (tertiary/aromatic N) is 2. The first-order valence-corrected chi connectivity index (χ1v) is 7.53. The number of ether oxygens (including phenoxy) is 1. The Morgan fingerprint density at radius 3 is 2.71 bits per heavy atom. The molecule has 0 radical (unpaired) electrons. The lowest BCUT2D eigenvalue weighted by atomic mass is 10.2. The molecule has 0 saturated carbocycles. The Morgan fingerprint density at radius 1 is 1.21 bits per heavy atom. The van der Waals surface area contributed by atoms with E-state index in [0.29, 0.717) is 23.3 Å². The Labute approximate surface area is 139 Å². The lowest BCUT2D eigenvalue weighted by Crippen LogP contribution is -2.21. The summed E-state index contributed by atoms with van der Waals surface area (Å²) >= 11 is 0. The van der Waals surface area contributed by atoms with E-state index in [1.807, 2.05) is 54.4 Å². The number of hydrogen-bond acceptors (Lipinski definition) is 4. The molecule has 0 saturated heterocycles. The van der Waals surface area contributed by atoms with Gasteiger partial charge in [0.2, 0.25) is 0 Å². The number of anilines is 1. The van der Waals surface area contributed by atoms with Gasteiger partial charge in [0, 0.05) is 12.7 Å². The third-order valence-corrected chi connectivity index (χ3v) is 3.65. The van der Waals surface area contributed by atoms with Gasteiger partial charge in [-0.2, -0.15) is 0 Å². The van der Waals surface area contributed by atoms with E-state index >= 15 is 0 Å². The number of H-pyrrole nitrogens is 1. The van der Waals surface area contributed by atoms with E-state index in [-0.39, 0.29) is 12.2 Å². The lowest BCUT2D eigenvalue weighted by Gasteiger charge is -2.19. The fourth-order valence-corrected chi connectivity index (χ4v) is 2.45. The molecule has 24 heavy (non-hydrogen) atoms. The Kier molecular flexibility index (Phi) is 4.48. The second-order valence-electron chi connectivity index (χ2n) is 5.37. The highest BCUT2D eigenvalue weighted by molar-refractivity contribution is 5.77. The van der Waals surface area contributed by atoms with Crippen LogP contribution in [0.25, 0.3) is 10.9 Å². The quantitative estimate of drug-likeness (QED) is 0.734. The summed E-state index contributed by atoms with van der Waals surface area (Å²) in [6.07, 6.45) is 5.17. The summed E-state index contributed by atoms with van der Waals surface area (Å²) in [5, 5.41) is 0.596. The molecule has 2 aromatic carbocycles. The molecule has 120 valence electrons. The van der Waals surface area contributed by atoms with Crippen molar-refractivity contribution in [3.05, 3.63) is 64.7 Å². The van der Waals surface area contributed by atoms with Gasteiger partial charge in [0.05, 0.1) is 17.4 Å². The number of nitrogens with one attached hydrogen (secondary N) is 1. The third-order valence-electron chi connectivity index (χ3n) is 3.65. The third kappa shape index (κ3) is 3.39. The topological polar surface area (TPSA) is 58.2 Å². The van der Waals surface area contributed by atoms with Gasteiger partial charge in [0.15, 0.2) is 0 Å². The van der Waals surface area contributed by atoms with Crippen LogP contribution in [0.3, 0.4) is 0 Å². The Bertz CT molecular complexity index is 939. The molecule has 0 aliphatic rings. The van der Waals surface area contributed by atoms with E-state index in [1.54, 1.807) is 6.07 Å². The Balaban J connectivity index is 1.78. The maximum atomic E-state index is 12.1. The molecule has 0 unspecified atom stereocenters. The largest absolute Gasteiger partial charge is 0.481 e. The zero-order valence-corrected chi connectivity index (χ0v) is 13.3. The SMILES string of the molecule is C#CCOc1ccc(N(C)Cc2nc3ccccc3c(=O)[nH]2)cc1. The van der Waals surface area contributed by atoms with Gasteiger partial charge in [-0.3, -0.25) is 4.79 Å². The first-order chi connectivity index (χ1) is 11.7. The number of fused-ring (bicyclic) bond motifs is 1. The van der Waals surface area contributed by atoms with Crippen molar-refractivity contribution in [2.24, 2.45) is 0 Å². The second kappa shape index (κ2) is 6.88. The summed E-state index contributed by atoms with van der Waals surface area (Å²) in [5.74, 6) is 3.78. The fraction of sp³-hybridized carbons (Fsp3) is 0.158. The zero-order chi connectivity index (χ0) is 16.9. The van der Waals surface area contributed by atoms with Gasteiger partial charge in [-0.25, -0.2) is 4.98 Å². The van der Waals surface area contributed by atoms with Crippen LogP contribution in [0.2, 0.25) is 0 Å². The molecule has 5 nitrogen and oxygen atoms in total. The second-order valence-corrected chi connectivity index (χ2v) is 5.37. The molecule has 0 amide bonds. The van der Waals surface area contributed by atoms with Crippen molar-refractivity contribution < 1.29 is 4.74 Å². The van der Waals surface area contributed by atoms with Crippen LogP contribution in [0.4, 0.5) is 5.69 Å². The molecular formula is C19H17N3O2. The average Bonchev–Trinajstić information content (AvgIpc) is 2.60. The number of aromatic nitrogens is 2. The summed E-state index contributed by atoms with van der Waals surface area (Å²) in [5.41, 5.74) is 1.56. The molecule has 0 spiro atoms. The van der Waals surface area contributed by atoms with Crippen LogP contribution in [0.5, 0.6) is 5.75 Å². The van der Waals surface area contributed by atoms with Gasteiger partial charge in [0.1, 0.15) is 18.2 Å². The normalized spacial score (nSPS) is 10.3. The average molecular weight is 319 g/mol. The molecule has 0 aliphatic carbocycles. The van der Waals surface area contributed by atoms with Crippen LogP contribution in [0, 0.1) is 12.3 Å². The standard InChI is InChI=1S/C19H17N3O2/c1-3-12-24-15-10-8-14(9-11-15)22(2)13-18-20-17-7-5-4-6-16(17)19(23)21-18/h1,4-11H,12-13H2,2H3,(H,20,21,23). The molecule has 5 heteroatoms. The minimum Gasteiger partial charge on any atom is -0.481 e. The van der Waals surface area contributed by atoms with Crippen LogP contribution in [-0.4, -0.2) is 23.6 Å². The predicted molar refractivity (Wildman–Crippen MR) is 95.2 cm³/mol. The number of terminal acetylenes is 1. The molecule has 3 rings (SSSR count). The first-order valence-electron chi connectivity index (χ1n) is 7.53. The van der Waals surface area contributed by atoms with Crippen molar-refractivity contribution in [2.45, 2.75) is 6.54 Å². The Hall–Kier alpha value is -3.26. The van der Waals surface area contributed by atoms with Gasteiger partial charge in [-0.15, -0.1) is 6.42 Å². The van der Waals surface area contributed by atoms with Crippen molar-refractivity contribution >= 4 is 16.6 Å². The summed E-state index contributed by atoms with van der Waals surface area (Å²) in [6, 6.07) is 14.9. The van der Waals surface area contributed by atoms with Gasteiger partial charge in [-0.1, -0.05) is 18.1 Å². The van der Waals surface area contributed by atoms with Crippen molar-refractivity contribution in [2.75, 3.05) is 18.6 Å². The maximum absolute atomic E-state index is 12.1. The van der Waals surface area contributed by atoms with Crippen LogP contribution in [0.1, 0.15) is 5.82 Å². The highest BCUT2D eigenvalue weighted by atomic mass is 16.5. The monoisotopic (exact) mass is 319 g/mol. The smallest absolute Gasteiger partial charge is 0.258 e. The minimum absolute atomic E-state index is 0.123. The van der Waals surface area contributed by atoms with Crippen molar-refractivity contribution in [1.82, 2.24) is 9.97 Å². The summed E-state index contributed by atoms with van der Waals surface area (Å²) < 4.78 is 5.36. The minimum atomic E-state index is -0.123. The molecule has 1 heterocycles. The van der Waals surface area contributed by atoms with E-state index in [4.69, 9.17) is 11.2 Å². The van der Waals surface area contributed by atoms with E-state index in [1.165, 1.54) is 0 Å². The molecule has 3 aromatic rings. The predicted octanol–water partition coefficient (Wildman–Crippen LogP) is 2.57. The van der Waals surface area contributed by atoms with E-state index in [2.05, 4.69) is 15.9 Å². The summed E-state index contributed by atoms with van der Waals surface area (Å²) in [7, 11) is 1.94. The molecule has 1 aromatic heterocycles. The number of benzene rings is 2. The number of rotatable bonds is 5. The van der Waals surface area contributed by atoms with Gasteiger partial charge >= 0.3 is 0 Å². The highest BCUT2D eigenvalue weighted by Crippen LogP contribution is 2.19. The van der Waals surface area contributed by atoms with Crippen LogP contribution < -0.4 is 15.2 Å². The highest BCUT2D eigenvalue weighted by Gasteiger charge is 2.07. The fourth-order valence-electron chi connectivity index (χ4n) is 2.45. The molecule has 0 fully saturated rings. The van der Waals surface area contributed by atoms with Gasteiger partial charge in [-0.05, 0) is 36.4 Å². The molecular weight excluding hydrogens is 302 g/mol. The van der Waals surface area contributed by atoms with Crippen molar-refractivity contribution in [3.63, 3.8) is 0 Å². The number of aromatic amines is 1. The molecule has 0 aliphatic heterocycles.